The van der Waals surface area contributed by atoms with Crippen LogP contribution in [-0.2, 0) is 13.0 Å². The van der Waals surface area contributed by atoms with Crippen LogP contribution in [0.5, 0.6) is 0 Å². The molecule has 2 heterocycles. The van der Waals surface area contributed by atoms with Crippen LogP contribution in [0.2, 0.25) is 0 Å². The molecule has 0 unspecified atom stereocenters. The number of fused-ring (bicyclic) bond motifs is 1. The van der Waals surface area contributed by atoms with E-state index < -0.39 is 0 Å². The van der Waals surface area contributed by atoms with Crippen molar-refractivity contribution in [3.8, 4) is 0 Å². The van der Waals surface area contributed by atoms with E-state index in [1.54, 1.807) is 6.33 Å². The van der Waals surface area contributed by atoms with E-state index >= 15 is 0 Å². The fourth-order valence-corrected chi connectivity index (χ4v) is 2.88. The molecule has 1 aromatic heterocycles. The van der Waals surface area contributed by atoms with Crippen molar-refractivity contribution in [1.29, 1.82) is 0 Å². The molecule has 0 spiro atoms. The number of aromatic nitrogens is 2. The predicted octanol–water partition coefficient (Wildman–Crippen LogP) is 2.74. The third-order valence-electron chi connectivity index (χ3n) is 3.90. The summed E-state index contributed by atoms with van der Waals surface area (Å²) in [5.74, 6) is 1.91. The third kappa shape index (κ3) is 2.22. The summed E-state index contributed by atoms with van der Waals surface area (Å²) in [5.41, 5.74) is 9.93. The van der Waals surface area contributed by atoms with E-state index in [0.717, 1.165) is 30.9 Å². The highest BCUT2D eigenvalue weighted by molar-refractivity contribution is 5.59. The molecule has 4 heteroatoms. The number of hydrogen-bond donors (Lipinski definition) is 1. The lowest BCUT2D eigenvalue weighted by atomic mass is 9.98. The molecule has 2 aromatic rings. The Morgan fingerprint density at radius 3 is 2.65 bits per heavy atom. The molecule has 0 amide bonds. The van der Waals surface area contributed by atoms with Crippen molar-refractivity contribution in [1.82, 2.24) is 9.97 Å². The molecule has 1 aliphatic rings. The molecule has 0 saturated carbocycles. The number of nitrogens with two attached hydrogens (primary N) is 1. The van der Waals surface area contributed by atoms with Crippen LogP contribution in [0, 0.1) is 0 Å². The van der Waals surface area contributed by atoms with Crippen LogP contribution >= 0.6 is 0 Å². The van der Waals surface area contributed by atoms with Gasteiger partial charge in [0.1, 0.15) is 18.0 Å². The molecule has 0 saturated heterocycles. The Morgan fingerprint density at radius 1 is 1.15 bits per heavy atom. The monoisotopic (exact) mass is 268 g/mol. The van der Waals surface area contributed by atoms with Crippen molar-refractivity contribution in [3.05, 3.63) is 47.3 Å². The number of nitrogens with zero attached hydrogens (tertiary/aromatic N) is 3. The van der Waals surface area contributed by atoms with E-state index in [4.69, 9.17) is 5.73 Å². The van der Waals surface area contributed by atoms with Crippen LogP contribution in [0.25, 0.3) is 0 Å². The topological polar surface area (TPSA) is 55.0 Å². The molecule has 3 rings (SSSR count). The van der Waals surface area contributed by atoms with Crippen molar-refractivity contribution in [2.75, 3.05) is 17.2 Å². The van der Waals surface area contributed by atoms with Crippen molar-refractivity contribution < 1.29 is 0 Å². The van der Waals surface area contributed by atoms with E-state index in [-0.39, 0.29) is 0 Å². The normalized spacial score (nSPS) is 14.4. The second-order valence-corrected chi connectivity index (χ2v) is 5.59. The van der Waals surface area contributed by atoms with Gasteiger partial charge >= 0.3 is 0 Å². The van der Waals surface area contributed by atoms with Crippen LogP contribution < -0.4 is 10.6 Å². The van der Waals surface area contributed by atoms with E-state index in [0.29, 0.717) is 11.7 Å². The lowest BCUT2D eigenvalue weighted by molar-refractivity contribution is 0.705. The Bertz CT molecular complexity index is 622. The van der Waals surface area contributed by atoms with Crippen LogP contribution in [-0.4, -0.2) is 16.5 Å². The van der Waals surface area contributed by atoms with E-state index in [1.165, 1.54) is 11.1 Å². The van der Waals surface area contributed by atoms with Gasteiger partial charge in [0.15, 0.2) is 0 Å². The average molecular weight is 268 g/mol. The van der Waals surface area contributed by atoms with Gasteiger partial charge in [0.25, 0.3) is 0 Å². The lowest BCUT2D eigenvalue weighted by Crippen LogP contribution is -2.32. The molecule has 104 valence electrons. The van der Waals surface area contributed by atoms with Gasteiger partial charge in [-0.25, -0.2) is 9.97 Å². The third-order valence-corrected chi connectivity index (χ3v) is 3.90. The molecule has 0 atom stereocenters. The van der Waals surface area contributed by atoms with Gasteiger partial charge in [-0.05, 0) is 23.5 Å². The highest BCUT2D eigenvalue weighted by atomic mass is 15.2. The summed E-state index contributed by atoms with van der Waals surface area (Å²) >= 11 is 0. The molecular formula is C16H20N4. The highest BCUT2D eigenvalue weighted by Gasteiger charge is 2.22. The molecule has 1 aromatic carbocycles. The summed E-state index contributed by atoms with van der Waals surface area (Å²) < 4.78 is 0. The minimum Gasteiger partial charge on any atom is -0.383 e. The summed E-state index contributed by atoms with van der Waals surface area (Å²) in [4.78, 5) is 10.9. The smallest absolute Gasteiger partial charge is 0.137 e. The first kappa shape index (κ1) is 12.9. The number of nitrogen functional groups attached to an aromatic ring is 1. The first-order valence-electron chi connectivity index (χ1n) is 7.09. The molecule has 0 radical (unpaired) electrons. The Hall–Kier alpha value is -2.10. The maximum atomic E-state index is 6.05. The van der Waals surface area contributed by atoms with Gasteiger partial charge in [-0.2, -0.15) is 0 Å². The summed E-state index contributed by atoms with van der Waals surface area (Å²) in [5, 5.41) is 0. The van der Waals surface area contributed by atoms with Gasteiger partial charge in [0, 0.05) is 18.7 Å². The maximum Gasteiger partial charge on any atom is 0.137 e. The molecule has 2 N–H and O–H groups in total. The van der Waals surface area contributed by atoms with Gasteiger partial charge in [-0.1, -0.05) is 38.1 Å². The maximum absolute atomic E-state index is 6.05. The van der Waals surface area contributed by atoms with E-state index in [1.807, 2.05) is 0 Å². The van der Waals surface area contributed by atoms with Gasteiger partial charge in [-0.15, -0.1) is 0 Å². The Balaban J connectivity index is 1.98. The summed E-state index contributed by atoms with van der Waals surface area (Å²) in [6.07, 6.45) is 2.62. The van der Waals surface area contributed by atoms with E-state index in [9.17, 15) is 0 Å². The molecule has 4 nitrogen and oxygen atoms in total. The van der Waals surface area contributed by atoms with Crippen molar-refractivity contribution in [2.24, 2.45) is 0 Å². The Kier molecular flexibility index (Phi) is 3.30. The summed E-state index contributed by atoms with van der Waals surface area (Å²) in [6, 6.07) is 8.61. The lowest BCUT2D eigenvalue weighted by Gasteiger charge is -2.32. The largest absolute Gasteiger partial charge is 0.383 e. The number of hydrogen-bond acceptors (Lipinski definition) is 4. The molecule has 0 bridgehead atoms. The molecule has 0 fully saturated rings. The summed E-state index contributed by atoms with van der Waals surface area (Å²) in [6.45, 7) is 6.15. The van der Waals surface area contributed by atoms with E-state index in [2.05, 4.69) is 53.0 Å². The highest BCUT2D eigenvalue weighted by Crippen LogP contribution is 2.32. The van der Waals surface area contributed by atoms with Crippen LogP contribution in [0.4, 0.5) is 11.6 Å². The fourth-order valence-electron chi connectivity index (χ4n) is 2.88. The van der Waals surface area contributed by atoms with Crippen LogP contribution in [0.3, 0.4) is 0 Å². The number of rotatable bonds is 2. The average Bonchev–Trinajstić information content (AvgIpc) is 2.46. The van der Waals surface area contributed by atoms with Crippen LogP contribution in [0.15, 0.2) is 30.6 Å². The quantitative estimate of drug-likeness (QED) is 0.910. The minimum atomic E-state index is 0.323. The number of anilines is 2. The number of benzene rings is 1. The molecule has 1 aliphatic heterocycles. The summed E-state index contributed by atoms with van der Waals surface area (Å²) in [7, 11) is 0. The van der Waals surface area contributed by atoms with Crippen molar-refractivity contribution >= 4 is 11.6 Å². The SMILES string of the molecule is CC(C)c1c(N)ncnc1N1CCc2ccccc2C1. The molecular weight excluding hydrogens is 248 g/mol. The first-order valence-corrected chi connectivity index (χ1v) is 7.09. The predicted molar refractivity (Wildman–Crippen MR) is 81.7 cm³/mol. The Morgan fingerprint density at radius 2 is 1.90 bits per heavy atom. The minimum absolute atomic E-state index is 0.323. The zero-order valence-electron chi connectivity index (χ0n) is 12.0. The standard InChI is InChI=1S/C16H20N4/c1-11(2)14-15(17)18-10-19-16(14)20-8-7-12-5-3-4-6-13(12)9-20/h3-6,10-11H,7-9H2,1-2H3,(H2,17,18,19). The zero-order chi connectivity index (χ0) is 14.1. The molecule has 20 heavy (non-hydrogen) atoms. The van der Waals surface area contributed by atoms with Gasteiger partial charge in [-0.3, -0.25) is 0 Å². The zero-order valence-corrected chi connectivity index (χ0v) is 12.0. The van der Waals surface area contributed by atoms with Gasteiger partial charge in [0.2, 0.25) is 0 Å². The second kappa shape index (κ2) is 5.12. The van der Waals surface area contributed by atoms with Crippen molar-refractivity contribution in [2.45, 2.75) is 32.7 Å². The molecule has 0 aliphatic carbocycles. The van der Waals surface area contributed by atoms with Crippen LogP contribution in [0.1, 0.15) is 36.5 Å². The van der Waals surface area contributed by atoms with Gasteiger partial charge in [0.05, 0.1) is 0 Å². The first-order chi connectivity index (χ1) is 9.66. The van der Waals surface area contributed by atoms with Gasteiger partial charge < -0.3 is 10.6 Å². The fraction of sp³-hybridized carbons (Fsp3) is 0.375. The van der Waals surface area contributed by atoms with Crippen molar-refractivity contribution in [3.63, 3.8) is 0 Å². The second-order valence-electron chi connectivity index (χ2n) is 5.59. The Labute approximate surface area is 119 Å².